The first-order valence-corrected chi connectivity index (χ1v) is 15.9. The maximum atomic E-state index is 13.8. The van der Waals surface area contributed by atoms with Crippen molar-refractivity contribution in [2.75, 3.05) is 18.5 Å². The Kier molecular flexibility index (Phi) is 8.16. The molecular formula is C35H41ClFN3O3. The monoisotopic (exact) mass is 605 g/mol. The Morgan fingerprint density at radius 2 is 2.00 bits per heavy atom. The summed E-state index contributed by atoms with van der Waals surface area (Å²) in [6.45, 7) is 8.92. The molecule has 6 nitrogen and oxygen atoms in total. The quantitative estimate of drug-likeness (QED) is 0.272. The summed E-state index contributed by atoms with van der Waals surface area (Å²) < 4.78 is 20.3. The van der Waals surface area contributed by atoms with E-state index in [1.165, 1.54) is 52.9 Å². The van der Waals surface area contributed by atoms with Gasteiger partial charge in [0.05, 0.1) is 11.6 Å². The lowest BCUT2D eigenvalue weighted by Gasteiger charge is -2.48. The minimum absolute atomic E-state index is 0.0259. The summed E-state index contributed by atoms with van der Waals surface area (Å²) in [5.41, 5.74) is 5.43. The van der Waals surface area contributed by atoms with Crippen LogP contribution >= 0.6 is 11.6 Å². The third-order valence-corrected chi connectivity index (χ3v) is 10.3. The highest BCUT2D eigenvalue weighted by Crippen LogP contribution is 2.52. The zero-order valence-electron chi connectivity index (χ0n) is 25.3. The Bertz CT molecular complexity index is 1520. The van der Waals surface area contributed by atoms with Crippen LogP contribution in [-0.4, -0.2) is 39.7 Å². The van der Waals surface area contributed by atoms with Crippen molar-refractivity contribution in [2.45, 2.75) is 89.3 Å². The van der Waals surface area contributed by atoms with E-state index < -0.39 is 17.3 Å². The van der Waals surface area contributed by atoms with Gasteiger partial charge in [-0.15, -0.1) is 0 Å². The molecule has 2 N–H and O–H groups in total. The summed E-state index contributed by atoms with van der Waals surface area (Å²) in [7, 11) is 0. The highest BCUT2D eigenvalue weighted by molar-refractivity contribution is 6.31. The standard InChI is InChI=1S/C35H41ClFN3O3/c1-22-7-9-27-25(17-22)20-40(19-23(2)21-43-31-11-16-38-30-6-4-5-24(3)32(30)31)35(27)14-12-34(13-15-35,33(41)42)39-26-8-10-29(37)28(36)18-26/h7-11,16-18,23-24,39H,4-6,12-15,19-21H2,1-3H3,(H,41,42)/t23-,24-,34?,35?/m1/s1. The van der Waals surface area contributed by atoms with Gasteiger partial charge in [0.25, 0.3) is 0 Å². The summed E-state index contributed by atoms with van der Waals surface area (Å²) in [6, 6.07) is 13.0. The third kappa shape index (κ3) is 5.62. The van der Waals surface area contributed by atoms with Crippen molar-refractivity contribution < 1.29 is 19.0 Å². The molecule has 0 unspecified atom stereocenters. The van der Waals surface area contributed by atoms with E-state index in [-0.39, 0.29) is 16.5 Å². The van der Waals surface area contributed by atoms with Crippen molar-refractivity contribution in [3.63, 3.8) is 0 Å². The number of pyridine rings is 1. The molecule has 2 atom stereocenters. The number of nitrogens with one attached hydrogen (secondary N) is 1. The number of aryl methyl sites for hydroxylation is 2. The smallest absolute Gasteiger partial charge is 0.329 e. The molecule has 0 saturated heterocycles. The number of carbonyl (C=O) groups is 1. The fourth-order valence-electron chi connectivity index (χ4n) is 7.72. The predicted molar refractivity (Wildman–Crippen MR) is 167 cm³/mol. The van der Waals surface area contributed by atoms with E-state index >= 15 is 0 Å². The number of hydrogen-bond acceptors (Lipinski definition) is 5. The number of halogens is 2. The number of aromatic nitrogens is 1. The van der Waals surface area contributed by atoms with Crippen LogP contribution in [0.1, 0.15) is 86.2 Å². The highest BCUT2D eigenvalue weighted by Gasteiger charge is 2.53. The summed E-state index contributed by atoms with van der Waals surface area (Å²) in [4.78, 5) is 19.9. The second kappa shape index (κ2) is 11.7. The first-order chi connectivity index (χ1) is 20.6. The van der Waals surface area contributed by atoms with Crippen molar-refractivity contribution >= 4 is 23.3 Å². The molecule has 0 radical (unpaired) electrons. The van der Waals surface area contributed by atoms with E-state index in [1.807, 2.05) is 12.3 Å². The number of fused-ring (bicyclic) bond motifs is 3. The number of rotatable bonds is 8. The van der Waals surface area contributed by atoms with Gasteiger partial charge in [-0.05, 0) is 93.2 Å². The normalized spacial score (nSPS) is 25.7. The van der Waals surface area contributed by atoms with Gasteiger partial charge in [0.1, 0.15) is 17.1 Å². The van der Waals surface area contributed by atoms with Crippen LogP contribution in [0, 0.1) is 18.7 Å². The van der Waals surface area contributed by atoms with Crippen LogP contribution in [0.4, 0.5) is 10.1 Å². The predicted octanol–water partition coefficient (Wildman–Crippen LogP) is 7.86. The van der Waals surface area contributed by atoms with Crippen molar-refractivity contribution in [3.8, 4) is 5.75 Å². The number of carboxylic acid groups (broad SMARTS) is 1. The minimum atomic E-state index is -1.16. The number of anilines is 1. The van der Waals surface area contributed by atoms with Gasteiger partial charge < -0.3 is 15.2 Å². The molecule has 1 spiro atoms. The summed E-state index contributed by atoms with van der Waals surface area (Å²) in [6.07, 6.45) is 7.49. The van der Waals surface area contributed by atoms with Gasteiger partial charge in [-0.2, -0.15) is 0 Å². The molecule has 0 amide bonds. The topological polar surface area (TPSA) is 74.7 Å². The van der Waals surface area contributed by atoms with E-state index in [1.54, 1.807) is 6.07 Å². The summed E-state index contributed by atoms with van der Waals surface area (Å²) >= 11 is 6.02. The van der Waals surface area contributed by atoms with E-state index in [0.717, 1.165) is 25.3 Å². The van der Waals surface area contributed by atoms with Crippen LogP contribution < -0.4 is 10.1 Å². The molecule has 43 heavy (non-hydrogen) atoms. The van der Waals surface area contributed by atoms with Gasteiger partial charge in [-0.1, -0.05) is 49.2 Å². The van der Waals surface area contributed by atoms with Crippen molar-refractivity contribution in [1.82, 2.24) is 9.88 Å². The summed E-state index contributed by atoms with van der Waals surface area (Å²) in [5.74, 6) is 0.270. The first-order valence-electron chi connectivity index (χ1n) is 15.5. The number of ether oxygens (including phenoxy) is 1. The first kappa shape index (κ1) is 29.9. The zero-order valence-corrected chi connectivity index (χ0v) is 26.0. The Labute approximate surface area is 258 Å². The van der Waals surface area contributed by atoms with Crippen molar-refractivity contribution in [3.05, 3.63) is 87.4 Å². The molecule has 1 fully saturated rings. The molecule has 3 aliphatic rings. The SMILES string of the molecule is Cc1ccc2c(c1)CN(C[C@@H](C)COc1ccnc3c1[C@H](C)CCC3)C21CCC(Nc2ccc(F)c(Cl)c2)(C(=O)O)CC1. The maximum Gasteiger partial charge on any atom is 0.329 e. The average molecular weight is 606 g/mol. The molecule has 1 aromatic heterocycles. The molecule has 8 heteroatoms. The molecule has 2 aromatic carbocycles. The van der Waals surface area contributed by atoms with Gasteiger partial charge in [-0.3, -0.25) is 9.88 Å². The molecule has 2 heterocycles. The van der Waals surface area contributed by atoms with Crippen LogP contribution in [0.3, 0.4) is 0 Å². The van der Waals surface area contributed by atoms with Crippen LogP contribution in [0.15, 0.2) is 48.7 Å². The number of nitrogens with zero attached hydrogens (tertiary/aromatic N) is 2. The lowest BCUT2D eigenvalue weighted by Crippen LogP contribution is -2.55. The zero-order chi connectivity index (χ0) is 30.4. The highest BCUT2D eigenvalue weighted by atomic mass is 35.5. The molecule has 228 valence electrons. The van der Waals surface area contributed by atoms with E-state index in [2.05, 4.69) is 54.2 Å². The molecule has 3 aromatic rings. The Balaban J connectivity index is 1.21. The molecule has 6 rings (SSSR count). The van der Waals surface area contributed by atoms with Crippen molar-refractivity contribution in [2.24, 2.45) is 5.92 Å². The van der Waals surface area contributed by atoms with E-state index in [0.29, 0.717) is 43.9 Å². The van der Waals surface area contributed by atoms with Gasteiger partial charge >= 0.3 is 5.97 Å². The maximum absolute atomic E-state index is 13.8. The second-order valence-electron chi connectivity index (χ2n) is 13.1. The molecular weight excluding hydrogens is 565 g/mol. The number of aliphatic carboxylic acids is 1. The Hall–Kier alpha value is -3.16. The van der Waals surface area contributed by atoms with E-state index in [9.17, 15) is 14.3 Å². The molecule has 1 aliphatic heterocycles. The molecule has 2 aliphatic carbocycles. The fourth-order valence-corrected chi connectivity index (χ4v) is 7.90. The van der Waals surface area contributed by atoms with Crippen LogP contribution in [0.25, 0.3) is 0 Å². The Morgan fingerprint density at radius 1 is 1.21 bits per heavy atom. The molecule has 0 bridgehead atoms. The third-order valence-electron chi connectivity index (χ3n) is 10.0. The lowest BCUT2D eigenvalue weighted by atomic mass is 9.69. The van der Waals surface area contributed by atoms with Crippen molar-refractivity contribution in [1.29, 1.82) is 0 Å². The lowest BCUT2D eigenvalue weighted by molar-refractivity contribution is -0.145. The van der Waals surface area contributed by atoms with E-state index in [4.69, 9.17) is 16.3 Å². The molecule has 1 saturated carbocycles. The van der Waals surface area contributed by atoms with Crippen LogP contribution in [0.2, 0.25) is 5.02 Å². The number of carboxylic acids is 1. The van der Waals surface area contributed by atoms with Gasteiger partial charge in [-0.25, -0.2) is 9.18 Å². The van der Waals surface area contributed by atoms with Gasteiger partial charge in [0.2, 0.25) is 0 Å². The summed E-state index contributed by atoms with van der Waals surface area (Å²) in [5, 5.41) is 13.6. The van der Waals surface area contributed by atoms with Gasteiger partial charge in [0.15, 0.2) is 0 Å². The van der Waals surface area contributed by atoms with Gasteiger partial charge in [0, 0.05) is 47.7 Å². The fraction of sp³-hybridized carbons (Fsp3) is 0.486. The van der Waals surface area contributed by atoms with Crippen LogP contribution in [-0.2, 0) is 23.3 Å². The minimum Gasteiger partial charge on any atom is -0.493 e. The average Bonchev–Trinajstić information content (AvgIpc) is 3.26. The second-order valence-corrected chi connectivity index (χ2v) is 13.5. The Morgan fingerprint density at radius 3 is 2.74 bits per heavy atom. The number of benzene rings is 2. The van der Waals surface area contributed by atoms with Crippen LogP contribution in [0.5, 0.6) is 5.75 Å². The largest absolute Gasteiger partial charge is 0.493 e. The number of hydrogen-bond donors (Lipinski definition) is 2.